The van der Waals surface area contributed by atoms with Gasteiger partial charge in [-0.1, -0.05) is 60.2 Å². The molecule has 0 saturated heterocycles. The van der Waals surface area contributed by atoms with Crippen LogP contribution in [0, 0.1) is 6.92 Å². The van der Waals surface area contributed by atoms with Crippen LogP contribution in [0.2, 0.25) is 0 Å². The molecule has 0 heterocycles. The molecular weight excluding hydrogens is 274 g/mol. The van der Waals surface area contributed by atoms with E-state index < -0.39 is 6.03 Å². The smallest absolute Gasteiger partial charge is 0.332 e. The molecule has 0 radical (unpaired) electrons. The zero-order valence-electron chi connectivity index (χ0n) is 12.7. The number of nitrogens with zero attached hydrogens (tertiary/aromatic N) is 1. The van der Waals surface area contributed by atoms with Gasteiger partial charge >= 0.3 is 6.03 Å². The van der Waals surface area contributed by atoms with Gasteiger partial charge in [0.05, 0.1) is 5.71 Å². The molecular formula is C18H19N3O. The number of carbonyl (C=O) groups excluding carboxylic acids is 1. The maximum atomic E-state index is 10.8. The van der Waals surface area contributed by atoms with Crippen LogP contribution in [0.25, 0.3) is 11.6 Å². The maximum absolute atomic E-state index is 10.8. The van der Waals surface area contributed by atoms with Crippen LogP contribution < -0.4 is 11.2 Å². The molecule has 0 fully saturated rings. The predicted octanol–water partition coefficient (Wildman–Crippen LogP) is 3.58. The lowest BCUT2D eigenvalue weighted by Gasteiger charge is -2.08. The first-order chi connectivity index (χ1) is 10.6. The molecule has 4 nitrogen and oxygen atoms in total. The topological polar surface area (TPSA) is 67.5 Å². The Morgan fingerprint density at radius 3 is 2.32 bits per heavy atom. The predicted molar refractivity (Wildman–Crippen MR) is 91.3 cm³/mol. The summed E-state index contributed by atoms with van der Waals surface area (Å²) in [5.41, 5.74) is 12.3. The first-order valence-corrected chi connectivity index (χ1v) is 7.00. The Hall–Kier alpha value is -2.88. The number of hydrazone groups is 1. The number of hydrogen-bond donors (Lipinski definition) is 2. The fraction of sp³-hybridized carbons (Fsp3) is 0.111. The van der Waals surface area contributed by atoms with Crippen LogP contribution in [0.1, 0.15) is 23.6 Å². The summed E-state index contributed by atoms with van der Waals surface area (Å²) in [6.45, 7) is 3.89. The fourth-order valence-electron chi connectivity index (χ4n) is 2.04. The van der Waals surface area contributed by atoms with E-state index in [-0.39, 0.29) is 0 Å². The van der Waals surface area contributed by atoms with Crippen molar-refractivity contribution in [2.24, 2.45) is 10.8 Å². The van der Waals surface area contributed by atoms with Gasteiger partial charge in [0.25, 0.3) is 0 Å². The molecule has 0 aliphatic heterocycles. The van der Waals surface area contributed by atoms with E-state index in [2.05, 4.69) is 29.6 Å². The van der Waals surface area contributed by atoms with Crippen molar-refractivity contribution in [1.82, 2.24) is 5.43 Å². The highest BCUT2D eigenvalue weighted by Gasteiger charge is 2.06. The maximum Gasteiger partial charge on any atom is 0.332 e. The number of benzene rings is 2. The number of hydrogen-bond acceptors (Lipinski definition) is 2. The second-order valence-corrected chi connectivity index (χ2v) is 5.01. The molecule has 0 bridgehead atoms. The Balaban J connectivity index is 2.43. The van der Waals surface area contributed by atoms with Crippen molar-refractivity contribution in [3.63, 3.8) is 0 Å². The van der Waals surface area contributed by atoms with E-state index in [1.807, 2.05) is 55.5 Å². The molecule has 0 aromatic heterocycles. The van der Waals surface area contributed by atoms with Gasteiger partial charge in [-0.3, -0.25) is 0 Å². The minimum Gasteiger partial charge on any atom is -0.350 e. The van der Waals surface area contributed by atoms with Gasteiger partial charge in [0.1, 0.15) is 0 Å². The number of allylic oxidation sites excluding steroid dienone is 1. The van der Waals surface area contributed by atoms with Crippen LogP contribution in [-0.4, -0.2) is 11.7 Å². The molecule has 3 N–H and O–H groups in total. The first-order valence-electron chi connectivity index (χ1n) is 7.00. The Labute approximate surface area is 130 Å². The van der Waals surface area contributed by atoms with Crippen LogP contribution in [0.3, 0.4) is 0 Å². The fourth-order valence-corrected chi connectivity index (χ4v) is 2.04. The molecule has 4 heteroatoms. The summed E-state index contributed by atoms with van der Waals surface area (Å²) in [7, 11) is 0. The zero-order valence-corrected chi connectivity index (χ0v) is 12.7. The van der Waals surface area contributed by atoms with Gasteiger partial charge in [0.15, 0.2) is 0 Å². The number of amides is 2. The largest absolute Gasteiger partial charge is 0.350 e. The van der Waals surface area contributed by atoms with Crippen molar-refractivity contribution in [1.29, 1.82) is 0 Å². The standard InChI is InChI=1S/C18H19N3O/c1-13-8-10-15(11-9-13)12-17(14(2)20-21-18(19)22)16-6-4-3-5-7-16/h3-12H,1-2H3,(H3,19,21,22)/b17-12+,20-14+. The average Bonchev–Trinajstić information content (AvgIpc) is 2.53. The van der Waals surface area contributed by atoms with E-state index in [1.54, 1.807) is 0 Å². The number of nitrogens with two attached hydrogens (primary N) is 1. The first kappa shape index (κ1) is 15.5. The molecule has 2 aromatic rings. The summed E-state index contributed by atoms with van der Waals surface area (Å²) >= 11 is 0. The highest BCUT2D eigenvalue weighted by molar-refractivity contribution is 6.27. The number of nitrogens with one attached hydrogen (secondary N) is 1. The van der Waals surface area contributed by atoms with Gasteiger partial charge in [0, 0.05) is 5.57 Å². The van der Waals surface area contributed by atoms with Gasteiger partial charge in [-0.25, -0.2) is 10.2 Å². The Kier molecular flexibility index (Phi) is 5.09. The molecule has 0 aliphatic rings. The minimum atomic E-state index is -0.679. The minimum absolute atomic E-state index is 0.679. The molecule has 0 aliphatic carbocycles. The van der Waals surface area contributed by atoms with Crippen molar-refractivity contribution in [3.05, 3.63) is 71.3 Å². The van der Waals surface area contributed by atoms with E-state index in [0.717, 1.165) is 16.7 Å². The van der Waals surface area contributed by atoms with Crippen molar-refractivity contribution < 1.29 is 4.79 Å². The third kappa shape index (κ3) is 4.31. The van der Waals surface area contributed by atoms with E-state index in [0.29, 0.717) is 5.71 Å². The monoisotopic (exact) mass is 293 g/mol. The van der Waals surface area contributed by atoms with E-state index >= 15 is 0 Å². The van der Waals surface area contributed by atoms with Gasteiger partial charge in [0.2, 0.25) is 0 Å². The second kappa shape index (κ2) is 7.22. The number of rotatable bonds is 4. The number of primary amides is 1. The highest BCUT2D eigenvalue weighted by atomic mass is 16.2. The van der Waals surface area contributed by atoms with E-state index in [9.17, 15) is 4.79 Å². The van der Waals surface area contributed by atoms with E-state index in [4.69, 9.17) is 5.73 Å². The average molecular weight is 293 g/mol. The van der Waals surface area contributed by atoms with Crippen molar-refractivity contribution in [2.75, 3.05) is 0 Å². The molecule has 2 aromatic carbocycles. The van der Waals surface area contributed by atoms with Crippen LogP contribution in [-0.2, 0) is 0 Å². The quantitative estimate of drug-likeness (QED) is 0.505. The molecule has 22 heavy (non-hydrogen) atoms. The lowest BCUT2D eigenvalue weighted by Crippen LogP contribution is -2.25. The second-order valence-electron chi connectivity index (χ2n) is 5.01. The van der Waals surface area contributed by atoms with Gasteiger partial charge in [-0.05, 0) is 31.1 Å². The van der Waals surface area contributed by atoms with E-state index in [1.165, 1.54) is 5.56 Å². The molecule has 0 atom stereocenters. The zero-order chi connectivity index (χ0) is 15.9. The molecule has 2 rings (SSSR count). The summed E-state index contributed by atoms with van der Waals surface area (Å²) in [5, 5.41) is 4.04. The summed E-state index contributed by atoms with van der Waals surface area (Å²) in [5.74, 6) is 0. The third-order valence-electron chi connectivity index (χ3n) is 3.20. The van der Waals surface area contributed by atoms with Crippen molar-refractivity contribution in [3.8, 4) is 0 Å². The lowest BCUT2D eigenvalue weighted by atomic mass is 9.99. The molecule has 0 saturated carbocycles. The van der Waals surface area contributed by atoms with Crippen LogP contribution in [0.5, 0.6) is 0 Å². The van der Waals surface area contributed by atoms with Gasteiger partial charge in [-0.15, -0.1) is 0 Å². The Bertz CT molecular complexity index is 701. The number of aryl methyl sites for hydroxylation is 1. The summed E-state index contributed by atoms with van der Waals surface area (Å²) in [6.07, 6.45) is 2.04. The van der Waals surface area contributed by atoms with Crippen LogP contribution >= 0.6 is 0 Å². The molecule has 2 amide bonds. The number of urea groups is 1. The summed E-state index contributed by atoms with van der Waals surface area (Å²) in [6, 6.07) is 17.4. The molecule has 0 unspecified atom stereocenters. The third-order valence-corrected chi connectivity index (χ3v) is 3.20. The lowest BCUT2D eigenvalue weighted by molar-refractivity contribution is 0.249. The normalized spacial score (nSPS) is 12.1. The Morgan fingerprint density at radius 1 is 1.09 bits per heavy atom. The molecule has 0 spiro atoms. The molecule has 112 valence electrons. The summed E-state index contributed by atoms with van der Waals surface area (Å²) < 4.78 is 0. The van der Waals surface area contributed by atoms with Crippen LogP contribution in [0.15, 0.2) is 59.7 Å². The Morgan fingerprint density at radius 2 is 1.73 bits per heavy atom. The van der Waals surface area contributed by atoms with Crippen LogP contribution in [0.4, 0.5) is 4.79 Å². The van der Waals surface area contributed by atoms with Gasteiger partial charge < -0.3 is 5.73 Å². The van der Waals surface area contributed by atoms with Crippen molar-refractivity contribution in [2.45, 2.75) is 13.8 Å². The summed E-state index contributed by atoms with van der Waals surface area (Å²) in [4.78, 5) is 10.8. The number of carbonyl (C=O) groups is 1. The SMILES string of the molecule is CC(=N\NC(N)=O)/C(=C\c1ccc(C)cc1)c1ccccc1. The highest BCUT2D eigenvalue weighted by Crippen LogP contribution is 2.20. The van der Waals surface area contributed by atoms with Gasteiger partial charge in [-0.2, -0.15) is 5.10 Å². The van der Waals surface area contributed by atoms with Crippen molar-refractivity contribution >= 4 is 23.4 Å².